The minimum absolute atomic E-state index is 0.0250. The molecule has 1 amide bonds. The summed E-state index contributed by atoms with van der Waals surface area (Å²) in [5.41, 5.74) is 0.555. The van der Waals surface area contributed by atoms with Gasteiger partial charge in [0.1, 0.15) is 24.0 Å². The Balaban J connectivity index is 2.10. The molecule has 2 aromatic rings. The van der Waals surface area contributed by atoms with Gasteiger partial charge < -0.3 is 10.2 Å². The lowest BCUT2D eigenvalue weighted by atomic mass is 9.99. The Morgan fingerprint density at radius 2 is 2.23 bits per heavy atom. The molecule has 1 unspecified atom stereocenters. The van der Waals surface area contributed by atoms with Gasteiger partial charge in [0.15, 0.2) is 0 Å². The van der Waals surface area contributed by atoms with E-state index in [0.29, 0.717) is 42.1 Å². The van der Waals surface area contributed by atoms with Crippen molar-refractivity contribution in [1.29, 1.82) is 0 Å². The molecule has 0 spiro atoms. The third-order valence-corrected chi connectivity index (χ3v) is 3.89. The molecule has 1 aromatic heterocycles. The quantitative estimate of drug-likeness (QED) is 0.943. The maximum atomic E-state index is 14.3. The lowest BCUT2D eigenvalue weighted by Gasteiger charge is -2.37. The van der Waals surface area contributed by atoms with Crippen molar-refractivity contribution in [2.24, 2.45) is 5.92 Å². The van der Waals surface area contributed by atoms with E-state index in [1.165, 1.54) is 12.4 Å². The van der Waals surface area contributed by atoms with Gasteiger partial charge in [-0.3, -0.25) is 4.79 Å². The molecule has 116 valence electrons. The van der Waals surface area contributed by atoms with Crippen LogP contribution in [0.15, 0.2) is 24.5 Å². The molecule has 1 fully saturated rings. The fraction of sp³-hybridized carbons (Fsp3) is 0.438. The largest absolute Gasteiger partial charge is 0.353 e. The summed E-state index contributed by atoms with van der Waals surface area (Å²) >= 11 is 0. The normalized spacial score (nSPS) is 18.8. The van der Waals surface area contributed by atoms with Gasteiger partial charge in [-0.25, -0.2) is 14.4 Å². The van der Waals surface area contributed by atoms with Gasteiger partial charge in [-0.1, -0.05) is 19.9 Å². The van der Waals surface area contributed by atoms with Gasteiger partial charge in [-0.15, -0.1) is 0 Å². The lowest BCUT2D eigenvalue weighted by Crippen LogP contribution is -2.56. The van der Waals surface area contributed by atoms with Crippen molar-refractivity contribution in [2.75, 3.05) is 18.0 Å². The first-order chi connectivity index (χ1) is 10.6. The Kier molecular flexibility index (Phi) is 3.92. The number of hydrogen-bond acceptors (Lipinski definition) is 4. The molecule has 1 aliphatic rings. The molecule has 0 bridgehead atoms. The van der Waals surface area contributed by atoms with Gasteiger partial charge in [-0.05, 0) is 24.5 Å². The van der Waals surface area contributed by atoms with Crippen molar-refractivity contribution >= 4 is 22.6 Å². The maximum Gasteiger partial charge on any atom is 0.242 e. The second-order valence-electron chi connectivity index (χ2n) is 5.96. The van der Waals surface area contributed by atoms with Crippen LogP contribution in [0.1, 0.15) is 20.3 Å². The number of piperazine rings is 1. The first-order valence-electron chi connectivity index (χ1n) is 7.51. The van der Waals surface area contributed by atoms with Crippen LogP contribution >= 0.6 is 0 Å². The summed E-state index contributed by atoms with van der Waals surface area (Å²) in [7, 11) is 0. The van der Waals surface area contributed by atoms with E-state index in [0.717, 1.165) is 0 Å². The number of rotatable bonds is 3. The third kappa shape index (κ3) is 2.61. The van der Waals surface area contributed by atoms with Crippen molar-refractivity contribution in [3.8, 4) is 0 Å². The summed E-state index contributed by atoms with van der Waals surface area (Å²) in [4.78, 5) is 22.6. The molecular weight excluding hydrogens is 283 g/mol. The topological polar surface area (TPSA) is 58.1 Å². The molecule has 0 aliphatic carbocycles. The van der Waals surface area contributed by atoms with Crippen LogP contribution in [0.4, 0.5) is 10.2 Å². The summed E-state index contributed by atoms with van der Waals surface area (Å²) in [5, 5.41) is 3.26. The van der Waals surface area contributed by atoms with Gasteiger partial charge in [-0.2, -0.15) is 0 Å². The van der Waals surface area contributed by atoms with Crippen LogP contribution in [-0.2, 0) is 4.79 Å². The zero-order valence-corrected chi connectivity index (χ0v) is 12.7. The zero-order chi connectivity index (χ0) is 15.7. The van der Waals surface area contributed by atoms with Gasteiger partial charge >= 0.3 is 0 Å². The van der Waals surface area contributed by atoms with Crippen molar-refractivity contribution in [3.63, 3.8) is 0 Å². The van der Waals surface area contributed by atoms with E-state index in [1.807, 2.05) is 4.90 Å². The third-order valence-electron chi connectivity index (χ3n) is 3.89. The highest BCUT2D eigenvalue weighted by atomic mass is 19.1. The van der Waals surface area contributed by atoms with E-state index in [-0.39, 0.29) is 17.8 Å². The van der Waals surface area contributed by atoms with Crippen molar-refractivity contribution in [1.82, 2.24) is 15.3 Å². The summed E-state index contributed by atoms with van der Waals surface area (Å²) in [6.45, 7) is 5.29. The molecule has 0 radical (unpaired) electrons. The Morgan fingerprint density at radius 3 is 3.00 bits per heavy atom. The molecule has 0 saturated carbocycles. The predicted octanol–water partition coefficient (Wildman–Crippen LogP) is 2.12. The van der Waals surface area contributed by atoms with Crippen molar-refractivity contribution in [3.05, 3.63) is 30.3 Å². The highest BCUT2D eigenvalue weighted by molar-refractivity contribution is 5.94. The van der Waals surface area contributed by atoms with Gasteiger partial charge in [0.2, 0.25) is 5.91 Å². The summed E-state index contributed by atoms with van der Waals surface area (Å²) in [6, 6.07) is 4.46. The van der Waals surface area contributed by atoms with E-state index >= 15 is 0 Å². The van der Waals surface area contributed by atoms with E-state index < -0.39 is 0 Å². The van der Waals surface area contributed by atoms with Crippen molar-refractivity contribution in [2.45, 2.75) is 26.3 Å². The van der Waals surface area contributed by atoms with Crippen LogP contribution in [0.2, 0.25) is 0 Å². The number of nitrogens with zero attached hydrogens (tertiary/aromatic N) is 3. The lowest BCUT2D eigenvalue weighted by molar-refractivity contribution is -0.123. The van der Waals surface area contributed by atoms with Gasteiger partial charge in [0.25, 0.3) is 0 Å². The first-order valence-corrected chi connectivity index (χ1v) is 7.51. The molecule has 1 N–H and O–H groups in total. The van der Waals surface area contributed by atoms with Crippen LogP contribution < -0.4 is 10.2 Å². The standard InChI is InChI=1S/C16H19FN4O/c1-10(2)8-13-16(22)18-6-7-21(13)15-14-11(17)4-3-5-12(14)19-9-20-15/h3-5,9-10,13H,6-8H2,1-2H3,(H,18,22). The number of carbonyl (C=O) groups excluding carboxylic acids is 1. The monoisotopic (exact) mass is 302 g/mol. The Hall–Kier alpha value is -2.24. The average Bonchev–Trinajstić information content (AvgIpc) is 2.49. The molecule has 1 aromatic carbocycles. The number of amides is 1. The van der Waals surface area contributed by atoms with Crippen LogP contribution in [0, 0.1) is 11.7 Å². The highest BCUT2D eigenvalue weighted by Gasteiger charge is 2.32. The zero-order valence-electron chi connectivity index (χ0n) is 12.7. The number of carbonyl (C=O) groups is 1. The van der Waals surface area contributed by atoms with Gasteiger partial charge in [0.05, 0.1) is 10.9 Å². The minimum atomic E-state index is -0.359. The summed E-state index contributed by atoms with van der Waals surface area (Å²) < 4.78 is 14.3. The van der Waals surface area contributed by atoms with Crippen LogP contribution in [0.5, 0.6) is 0 Å². The summed E-state index contributed by atoms with van der Waals surface area (Å²) in [5.74, 6) is 0.475. The number of anilines is 1. The van der Waals surface area contributed by atoms with Crippen LogP contribution in [0.25, 0.3) is 10.9 Å². The molecule has 1 saturated heterocycles. The Morgan fingerprint density at radius 1 is 1.41 bits per heavy atom. The smallest absolute Gasteiger partial charge is 0.242 e. The van der Waals surface area contributed by atoms with Gasteiger partial charge in [0, 0.05) is 13.1 Å². The molecule has 6 heteroatoms. The number of hydrogen-bond donors (Lipinski definition) is 1. The highest BCUT2D eigenvalue weighted by Crippen LogP contribution is 2.29. The fourth-order valence-corrected chi connectivity index (χ4v) is 2.92. The molecule has 1 atom stereocenters. The SMILES string of the molecule is CC(C)CC1C(=O)NCCN1c1ncnc2cccc(F)c12. The molecule has 22 heavy (non-hydrogen) atoms. The molecule has 2 heterocycles. The maximum absolute atomic E-state index is 14.3. The molecular formula is C16H19FN4O. The predicted molar refractivity (Wildman–Crippen MR) is 83.1 cm³/mol. The molecule has 5 nitrogen and oxygen atoms in total. The van der Waals surface area contributed by atoms with Crippen LogP contribution in [-0.4, -0.2) is 35.0 Å². The van der Waals surface area contributed by atoms with Crippen LogP contribution in [0.3, 0.4) is 0 Å². The van der Waals surface area contributed by atoms with Crippen molar-refractivity contribution < 1.29 is 9.18 Å². The van der Waals surface area contributed by atoms with E-state index in [4.69, 9.17) is 0 Å². The molecule has 1 aliphatic heterocycles. The Bertz CT molecular complexity index is 698. The Labute approximate surface area is 128 Å². The first kappa shape index (κ1) is 14.7. The summed E-state index contributed by atoms with van der Waals surface area (Å²) in [6.07, 6.45) is 2.13. The molecule has 3 rings (SSSR count). The second kappa shape index (κ2) is 5.87. The number of fused-ring (bicyclic) bond motifs is 1. The van der Waals surface area contributed by atoms with E-state index in [1.54, 1.807) is 12.1 Å². The average molecular weight is 302 g/mol. The number of nitrogens with one attached hydrogen (secondary N) is 1. The minimum Gasteiger partial charge on any atom is -0.353 e. The number of aromatic nitrogens is 2. The fourth-order valence-electron chi connectivity index (χ4n) is 2.92. The van der Waals surface area contributed by atoms with E-state index in [2.05, 4.69) is 29.1 Å². The van der Waals surface area contributed by atoms with E-state index in [9.17, 15) is 9.18 Å². The number of halogens is 1. The second-order valence-corrected chi connectivity index (χ2v) is 5.96. The number of benzene rings is 1.